The molecule has 0 saturated carbocycles. The number of hydrogen-bond acceptors (Lipinski definition) is 2. The highest BCUT2D eigenvalue weighted by atomic mass is 19.4. The summed E-state index contributed by atoms with van der Waals surface area (Å²) in [5, 5.41) is 3.31. The summed E-state index contributed by atoms with van der Waals surface area (Å²) in [5.41, 5.74) is 0.0283. The van der Waals surface area contributed by atoms with Crippen molar-refractivity contribution in [1.29, 1.82) is 0 Å². The second kappa shape index (κ2) is 4.86. The van der Waals surface area contributed by atoms with E-state index in [2.05, 4.69) is 5.32 Å². The van der Waals surface area contributed by atoms with Gasteiger partial charge in [-0.1, -0.05) is 12.1 Å². The lowest BCUT2D eigenvalue weighted by atomic mass is 9.91. The third kappa shape index (κ3) is 2.58. The van der Waals surface area contributed by atoms with Crippen molar-refractivity contribution in [2.75, 3.05) is 13.2 Å². The Morgan fingerprint density at radius 3 is 2.70 bits per heavy atom. The fourth-order valence-electron chi connectivity index (χ4n) is 2.68. The highest BCUT2D eigenvalue weighted by molar-refractivity contribution is 5.68. The van der Waals surface area contributed by atoms with Gasteiger partial charge in [-0.05, 0) is 29.7 Å². The second-order valence-corrected chi connectivity index (χ2v) is 5.10. The van der Waals surface area contributed by atoms with E-state index in [4.69, 9.17) is 4.74 Å². The average molecular weight is 287 g/mol. The minimum Gasteiger partial charge on any atom is -0.378 e. The number of halogens is 4. The van der Waals surface area contributed by atoms with E-state index in [0.29, 0.717) is 25.2 Å². The van der Waals surface area contributed by atoms with Crippen LogP contribution < -0.4 is 5.32 Å². The maximum absolute atomic E-state index is 13.3. The van der Waals surface area contributed by atoms with Crippen LogP contribution in [0.2, 0.25) is 0 Å². The van der Waals surface area contributed by atoms with Gasteiger partial charge in [0, 0.05) is 12.1 Å². The highest BCUT2D eigenvalue weighted by Crippen LogP contribution is 2.35. The maximum atomic E-state index is 13.3. The molecule has 0 spiro atoms. The number of alkyl halides is 3. The third-order valence-electron chi connectivity index (χ3n) is 3.58. The number of rotatable bonds is 1. The number of hydrogen-bond donors (Lipinski definition) is 1. The molecule has 0 aliphatic carbocycles. The van der Waals surface area contributed by atoms with Crippen molar-refractivity contribution in [3.63, 3.8) is 0 Å². The molecule has 2 heterocycles. The normalized spacial score (nSPS) is 26.3. The summed E-state index contributed by atoms with van der Waals surface area (Å²) in [6, 6.07) is 3.29. The predicted molar refractivity (Wildman–Crippen MR) is 65.5 cm³/mol. The summed E-state index contributed by atoms with van der Waals surface area (Å²) in [6.07, 6.45) is -2.23. The number of ether oxygens (including phenoxy) is 1. The monoisotopic (exact) mass is 287 g/mol. The van der Waals surface area contributed by atoms with Gasteiger partial charge in [0.15, 0.2) is 0 Å². The van der Waals surface area contributed by atoms with Gasteiger partial charge in [-0.25, -0.2) is 4.39 Å². The van der Waals surface area contributed by atoms with E-state index in [0.717, 1.165) is 17.7 Å². The molecule has 2 aliphatic heterocycles. The Kier molecular flexibility index (Phi) is 3.30. The van der Waals surface area contributed by atoms with Crippen LogP contribution in [-0.4, -0.2) is 25.3 Å². The van der Waals surface area contributed by atoms with Gasteiger partial charge in [0.05, 0.1) is 18.8 Å². The van der Waals surface area contributed by atoms with Gasteiger partial charge < -0.3 is 10.1 Å². The smallest absolute Gasteiger partial charge is 0.378 e. The Balaban J connectivity index is 1.97. The van der Waals surface area contributed by atoms with Crippen LogP contribution in [0.5, 0.6) is 0 Å². The molecule has 1 N–H and O–H groups in total. The lowest BCUT2D eigenvalue weighted by Crippen LogP contribution is -2.50. The van der Waals surface area contributed by atoms with Crippen LogP contribution in [0.4, 0.5) is 17.6 Å². The summed E-state index contributed by atoms with van der Waals surface area (Å²) in [7, 11) is 0. The predicted octanol–water partition coefficient (Wildman–Crippen LogP) is 2.99. The average Bonchev–Trinajstić information content (AvgIpc) is 2.37. The summed E-state index contributed by atoms with van der Waals surface area (Å²) in [6.45, 7) is 1.05. The molecule has 0 aromatic heterocycles. The molecule has 2 aliphatic rings. The fraction of sp³-hybridized carbons (Fsp3) is 0.429. The van der Waals surface area contributed by atoms with E-state index in [1.165, 1.54) is 6.07 Å². The first-order valence-corrected chi connectivity index (χ1v) is 6.35. The van der Waals surface area contributed by atoms with Crippen LogP contribution in [0.3, 0.4) is 0 Å². The molecule has 1 aromatic carbocycles. The zero-order valence-electron chi connectivity index (χ0n) is 10.5. The van der Waals surface area contributed by atoms with Gasteiger partial charge in [0.1, 0.15) is 5.82 Å². The standard InChI is InChI=1S/C14H13F4NO/c15-13-2-1-8(5-12(13)14(16,17)18)9-3-10-6-20-7-11(4-9)19-10/h1-3,5,10-11,19H,4,6-7H2. The molecule has 0 amide bonds. The van der Waals surface area contributed by atoms with E-state index in [1.54, 1.807) is 0 Å². The van der Waals surface area contributed by atoms with Crippen molar-refractivity contribution in [2.45, 2.75) is 24.7 Å². The summed E-state index contributed by atoms with van der Waals surface area (Å²) < 4.78 is 56.9. The van der Waals surface area contributed by atoms with Gasteiger partial charge in [0.2, 0.25) is 0 Å². The molecule has 2 unspecified atom stereocenters. The van der Waals surface area contributed by atoms with Crippen LogP contribution in [0, 0.1) is 5.82 Å². The number of morpholine rings is 1. The van der Waals surface area contributed by atoms with Crippen molar-refractivity contribution < 1.29 is 22.3 Å². The van der Waals surface area contributed by atoms with E-state index in [9.17, 15) is 17.6 Å². The largest absolute Gasteiger partial charge is 0.419 e. The molecule has 1 aromatic rings. The Labute approximate surface area is 113 Å². The molecule has 2 atom stereocenters. The van der Waals surface area contributed by atoms with Crippen LogP contribution in [0.15, 0.2) is 24.3 Å². The summed E-state index contributed by atoms with van der Waals surface area (Å²) in [4.78, 5) is 0. The van der Waals surface area contributed by atoms with E-state index in [-0.39, 0.29) is 12.1 Å². The first kappa shape index (κ1) is 13.6. The highest BCUT2D eigenvalue weighted by Gasteiger charge is 2.35. The van der Waals surface area contributed by atoms with Crippen LogP contribution in [0.1, 0.15) is 17.5 Å². The van der Waals surface area contributed by atoms with Crippen molar-refractivity contribution in [1.82, 2.24) is 5.32 Å². The quantitative estimate of drug-likeness (QED) is 0.802. The van der Waals surface area contributed by atoms with Gasteiger partial charge >= 0.3 is 6.18 Å². The minimum absolute atomic E-state index is 0.0110. The zero-order chi connectivity index (χ0) is 14.3. The first-order valence-electron chi connectivity index (χ1n) is 6.35. The lowest BCUT2D eigenvalue weighted by molar-refractivity contribution is -0.140. The third-order valence-corrected chi connectivity index (χ3v) is 3.58. The molecular formula is C14H13F4NO. The summed E-state index contributed by atoms with van der Waals surface area (Å²) in [5.74, 6) is -1.24. The second-order valence-electron chi connectivity index (χ2n) is 5.10. The summed E-state index contributed by atoms with van der Waals surface area (Å²) >= 11 is 0. The van der Waals surface area contributed by atoms with Crippen molar-refractivity contribution in [3.8, 4) is 0 Å². The topological polar surface area (TPSA) is 21.3 Å². The molecule has 0 radical (unpaired) electrons. The molecule has 1 saturated heterocycles. The Bertz CT molecular complexity index is 553. The lowest BCUT2D eigenvalue weighted by Gasteiger charge is -2.35. The molecule has 20 heavy (non-hydrogen) atoms. The molecule has 1 fully saturated rings. The molecule has 3 rings (SSSR count). The number of nitrogens with one attached hydrogen (secondary N) is 1. The Hall–Kier alpha value is -1.40. The zero-order valence-corrected chi connectivity index (χ0v) is 10.5. The van der Waals surface area contributed by atoms with Crippen LogP contribution in [-0.2, 0) is 10.9 Å². The molecule has 6 heteroatoms. The Morgan fingerprint density at radius 2 is 2.00 bits per heavy atom. The van der Waals surface area contributed by atoms with Crippen LogP contribution in [0.25, 0.3) is 5.57 Å². The van der Waals surface area contributed by atoms with E-state index >= 15 is 0 Å². The molecule has 2 bridgehead atoms. The van der Waals surface area contributed by atoms with Gasteiger partial charge in [0.25, 0.3) is 0 Å². The van der Waals surface area contributed by atoms with Crippen molar-refractivity contribution in [2.24, 2.45) is 0 Å². The first-order chi connectivity index (χ1) is 9.43. The molecule has 108 valence electrons. The van der Waals surface area contributed by atoms with Gasteiger partial charge in [-0.15, -0.1) is 0 Å². The van der Waals surface area contributed by atoms with Gasteiger partial charge in [-0.3, -0.25) is 0 Å². The van der Waals surface area contributed by atoms with Crippen molar-refractivity contribution >= 4 is 5.57 Å². The molecular weight excluding hydrogens is 274 g/mol. The van der Waals surface area contributed by atoms with E-state index in [1.807, 2.05) is 6.08 Å². The SMILES string of the molecule is Fc1ccc(C2=CC3COCC(C2)N3)cc1C(F)(F)F. The van der Waals surface area contributed by atoms with E-state index < -0.39 is 17.6 Å². The maximum Gasteiger partial charge on any atom is 0.419 e. The van der Waals surface area contributed by atoms with Gasteiger partial charge in [-0.2, -0.15) is 13.2 Å². The fourth-order valence-corrected chi connectivity index (χ4v) is 2.68. The minimum atomic E-state index is -4.67. The molecule has 2 nitrogen and oxygen atoms in total. The number of fused-ring (bicyclic) bond motifs is 2. The van der Waals surface area contributed by atoms with Crippen molar-refractivity contribution in [3.05, 3.63) is 41.2 Å². The Morgan fingerprint density at radius 1 is 1.20 bits per heavy atom. The number of benzene rings is 1. The van der Waals surface area contributed by atoms with Crippen LogP contribution >= 0.6 is 0 Å².